The molecular weight excluding hydrogens is 308 g/mol. The van der Waals surface area contributed by atoms with E-state index in [1.54, 1.807) is 0 Å². The van der Waals surface area contributed by atoms with Gasteiger partial charge in [-0.3, -0.25) is 4.79 Å². The van der Waals surface area contributed by atoms with Gasteiger partial charge < -0.3 is 19.7 Å². The Kier molecular flexibility index (Phi) is 4.85. The highest BCUT2D eigenvalue weighted by Crippen LogP contribution is 2.22. The number of nitrogens with one attached hydrogen (secondary N) is 1. The Morgan fingerprint density at radius 1 is 1.38 bits per heavy atom. The normalized spacial score (nSPS) is 20.5. The van der Waals surface area contributed by atoms with Gasteiger partial charge in [-0.05, 0) is 24.5 Å². The van der Waals surface area contributed by atoms with Crippen LogP contribution in [0, 0.1) is 0 Å². The highest BCUT2D eigenvalue weighted by atomic mass is 16.5. The van der Waals surface area contributed by atoms with Crippen LogP contribution in [0.25, 0.3) is 10.9 Å². The van der Waals surface area contributed by atoms with Crippen LogP contribution in [-0.4, -0.2) is 52.7 Å². The number of aliphatic hydroxyl groups is 1. The van der Waals surface area contributed by atoms with Gasteiger partial charge in [0.1, 0.15) is 6.04 Å². The van der Waals surface area contributed by atoms with Crippen LogP contribution in [0.5, 0.6) is 0 Å². The fourth-order valence-corrected chi connectivity index (χ4v) is 3.36. The number of hydrogen-bond acceptors (Lipinski definition) is 4. The SMILES string of the molecule is COC(=O)[C@H]1C[C@@H](O)CN1C(=O)CCCc1c[nH]c2ccccc12. The monoisotopic (exact) mass is 330 g/mol. The lowest BCUT2D eigenvalue weighted by molar-refractivity contribution is -0.151. The van der Waals surface area contributed by atoms with Crippen LogP contribution in [0.2, 0.25) is 0 Å². The zero-order valence-electron chi connectivity index (χ0n) is 13.7. The van der Waals surface area contributed by atoms with E-state index in [0.29, 0.717) is 12.8 Å². The number of likely N-dealkylation sites (tertiary alicyclic amines) is 1. The second-order valence-corrected chi connectivity index (χ2v) is 6.19. The van der Waals surface area contributed by atoms with Crippen LogP contribution in [0.1, 0.15) is 24.8 Å². The molecule has 2 aromatic rings. The van der Waals surface area contributed by atoms with Crippen molar-refractivity contribution in [3.63, 3.8) is 0 Å². The first-order chi connectivity index (χ1) is 11.6. The molecule has 2 N–H and O–H groups in total. The Balaban J connectivity index is 1.58. The number of aliphatic hydroxyl groups excluding tert-OH is 1. The van der Waals surface area contributed by atoms with Crippen molar-refractivity contribution in [2.24, 2.45) is 0 Å². The number of nitrogens with zero attached hydrogens (tertiary/aromatic N) is 1. The molecule has 1 fully saturated rings. The number of rotatable bonds is 5. The minimum Gasteiger partial charge on any atom is -0.467 e. The average molecular weight is 330 g/mol. The van der Waals surface area contributed by atoms with Crippen molar-refractivity contribution >= 4 is 22.8 Å². The number of hydrogen-bond donors (Lipinski definition) is 2. The third kappa shape index (κ3) is 3.28. The molecule has 6 heteroatoms. The van der Waals surface area contributed by atoms with Gasteiger partial charge in [-0.2, -0.15) is 0 Å². The molecule has 1 aliphatic heterocycles. The number of H-pyrrole nitrogens is 1. The lowest BCUT2D eigenvalue weighted by Crippen LogP contribution is -2.41. The minimum absolute atomic E-state index is 0.109. The number of aromatic amines is 1. The first-order valence-electron chi connectivity index (χ1n) is 8.20. The van der Waals surface area contributed by atoms with Crippen molar-refractivity contribution in [2.45, 2.75) is 37.8 Å². The van der Waals surface area contributed by atoms with Gasteiger partial charge >= 0.3 is 5.97 Å². The van der Waals surface area contributed by atoms with Gasteiger partial charge in [0.05, 0.1) is 13.2 Å². The van der Waals surface area contributed by atoms with E-state index in [0.717, 1.165) is 11.9 Å². The standard InChI is InChI=1S/C18H22N2O4/c1-24-18(23)16-9-13(21)11-20(16)17(22)8-4-5-12-10-19-15-7-3-2-6-14(12)15/h2-3,6-7,10,13,16,19,21H,4-5,8-9,11H2,1H3/t13-,16-/m1/s1. The number of esters is 1. The molecule has 0 spiro atoms. The molecule has 24 heavy (non-hydrogen) atoms. The molecule has 128 valence electrons. The summed E-state index contributed by atoms with van der Waals surface area (Å²) in [6.45, 7) is 0.200. The van der Waals surface area contributed by atoms with Crippen molar-refractivity contribution in [1.29, 1.82) is 0 Å². The Morgan fingerprint density at radius 3 is 2.96 bits per heavy atom. The summed E-state index contributed by atoms with van der Waals surface area (Å²) in [5, 5.41) is 10.9. The van der Waals surface area contributed by atoms with E-state index >= 15 is 0 Å². The van der Waals surface area contributed by atoms with E-state index in [1.807, 2.05) is 24.4 Å². The molecule has 1 amide bonds. The van der Waals surface area contributed by atoms with Gasteiger partial charge in [-0.25, -0.2) is 4.79 Å². The van der Waals surface area contributed by atoms with E-state index in [1.165, 1.54) is 23.0 Å². The summed E-state index contributed by atoms with van der Waals surface area (Å²) in [5.41, 5.74) is 2.27. The maximum atomic E-state index is 12.4. The molecule has 0 radical (unpaired) electrons. The molecular formula is C18H22N2O4. The van der Waals surface area contributed by atoms with Crippen LogP contribution < -0.4 is 0 Å². The summed E-state index contributed by atoms with van der Waals surface area (Å²) < 4.78 is 4.73. The maximum Gasteiger partial charge on any atom is 0.328 e. The lowest BCUT2D eigenvalue weighted by Gasteiger charge is -2.22. The van der Waals surface area contributed by atoms with Crippen molar-refractivity contribution < 1.29 is 19.4 Å². The van der Waals surface area contributed by atoms with Gasteiger partial charge in [0.25, 0.3) is 0 Å². The Morgan fingerprint density at radius 2 is 2.17 bits per heavy atom. The number of amides is 1. The van der Waals surface area contributed by atoms with Crippen molar-refractivity contribution in [3.8, 4) is 0 Å². The summed E-state index contributed by atoms with van der Waals surface area (Å²) in [6, 6.07) is 7.41. The predicted molar refractivity (Wildman–Crippen MR) is 89.4 cm³/mol. The molecule has 1 saturated heterocycles. The first-order valence-corrected chi connectivity index (χ1v) is 8.20. The lowest BCUT2D eigenvalue weighted by atomic mass is 10.1. The number of aryl methyl sites for hydroxylation is 1. The number of β-amino-alcohol motifs (C(OH)–C–C–N with tert-alkyl or cyclic N) is 1. The number of ether oxygens (including phenoxy) is 1. The van der Waals surface area contributed by atoms with Gasteiger partial charge in [-0.15, -0.1) is 0 Å². The van der Waals surface area contributed by atoms with Crippen molar-refractivity contribution in [3.05, 3.63) is 36.0 Å². The van der Waals surface area contributed by atoms with Crippen molar-refractivity contribution in [2.75, 3.05) is 13.7 Å². The first kappa shape index (κ1) is 16.5. The van der Waals surface area contributed by atoms with Gasteiger partial charge in [0, 0.05) is 36.5 Å². The van der Waals surface area contributed by atoms with E-state index in [9.17, 15) is 14.7 Å². The molecule has 1 aromatic heterocycles. The molecule has 2 heterocycles. The zero-order valence-corrected chi connectivity index (χ0v) is 13.7. The molecule has 0 saturated carbocycles. The average Bonchev–Trinajstić information content (AvgIpc) is 3.18. The Bertz CT molecular complexity index is 739. The van der Waals surface area contributed by atoms with Crippen molar-refractivity contribution in [1.82, 2.24) is 9.88 Å². The maximum absolute atomic E-state index is 12.4. The molecule has 0 bridgehead atoms. The molecule has 0 unspecified atom stereocenters. The van der Waals surface area contributed by atoms with E-state index in [-0.39, 0.29) is 18.9 Å². The number of fused-ring (bicyclic) bond motifs is 1. The predicted octanol–water partition coefficient (Wildman–Crippen LogP) is 1.63. The number of aromatic nitrogens is 1. The highest BCUT2D eigenvalue weighted by molar-refractivity contribution is 5.85. The number of methoxy groups -OCH3 is 1. The summed E-state index contributed by atoms with van der Waals surface area (Å²) >= 11 is 0. The van der Waals surface area contributed by atoms with Gasteiger partial charge in [-0.1, -0.05) is 18.2 Å². The summed E-state index contributed by atoms with van der Waals surface area (Å²) in [4.78, 5) is 28.8. The third-order valence-corrected chi connectivity index (χ3v) is 4.58. The van der Waals surface area contributed by atoms with Crippen LogP contribution in [0.4, 0.5) is 0 Å². The minimum atomic E-state index is -0.661. The number of para-hydroxylation sites is 1. The quantitative estimate of drug-likeness (QED) is 0.816. The Hall–Kier alpha value is -2.34. The van der Waals surface area contributed by atoms with E-state index in [4.69, 9.17) is 4.74 Å². The summed E-state index contributed by atoms with van der Waals surface area (Å²) in [5.74, 6) is -0.571. The highest BCUT2D eigenvalue weighted by Gasteiger charge is 2.39. The molecule has 6 nitrogen and oxygen atoms in total. The number of benzene rings is 1. The summed E-state index contributed by atoms with van der Waals surface area (Å²) in [7, 11) is 1.30. The number of carbonyl (C=O) groups excluding carboxylic acids is 2. The number of carbonyl (C=O) groups is 2. The largest absolute Gasteiger partial charge is 0.467 e. The molecule has 3 rings (SSSR count). The second-order valence-electron chi connectivity index (χ2n) is 6.19. The zero-order chi connectivity index (χ0) is 17.1. The second kappa shape index (κ2) is 7.05. The van der Waals surface area contributed by atoms with Crippen LogP contribution in [0.3, 0.4) is 0 Å². The topological polar surface area (TPSA) is 82.6 Å². The molecule has 2 atom stereocenters. The van der Waals surface area contributed by atoms with Crippen LogP contribution >= 0.6 is 0 Å². The summed E-state index contributed by atoms with van der Waals surface area (Å²) in [6.07, 6.45) is 3.40. The Labute approximate surface area is 140 Å². The van der Waals surface area contributed by atoms with Crippen LogP contribution in [-0.2, 0) is 20.7 Å². The van der Waals surface area contributed by atoms with E-state index in [2.05, 4.69) is 11.1 Å². The smallest absolute Gasteiger partial charge is 0.328 e. The van der Waals surface area contributed by atoms with Gasteiger partial charge in [0.2, 0.25) is 5.91 Å². The van der Waals surface area contributed by atoms with Crippen LogP contribution in [0.15, 0.2) is 30.5 Å². The third-order valence-electron chi connectivity index (χ3n) is 4.58. The van der Waals surface area contributed by atoms with Gasteiger partial charge in [0.15, 0.2) is 0 Å². The fourth-order valence-electron chi connectivity index (χ4n) is 3.36. The molecule has 1 aromatic carbocycles. The molecule has 0 aliphatic carbocycles. The fraction of sp³-hybridized carbons (Fsp3) is 0.444. The van der Waals surface area contributed by atoms with E-state index < -0.39 is 18.1 Å². The molecule has 1 aliphatic rings.